The first kappa shape index (κ1) is 49.4. The Morgan fingerprint density at radius 1 is 0.567 bits per heavy atom. The van der Waals surface area contributed by atoms with E-state index in [1.165, 1.54) is 0 Å². The van der Waals surface area contributed by atoms with Gasteiger partial charge in [-0.3, -0.25) is 18.2 Å². The van der Waals surface area contributed by atoms with Crippen LogP contribution in [0.1, 0.15) is 0 Å². The van der Waals surface area contributed by atoms with Gasteiger partial charge in [-0.05, 0) is 0 Å². The predicted octanol–water partition coefficient (Wildman–Crippen LogP) is -20.7. The van der Waals surface area contributed by atoms with Gasteiger partial charge in [0.1, 0.15) is 0 Å². The van der Waals surface area contributed by atoms with Gasteiger partial charge in [-0.1, -0.05) is 0 Å². The van der Waals surface area contributed by atoms with Gasteiger partial charge in [0.05, 0.1) is 23.9 Å². The molecule has 0 saturated heterocycles. The molecule has 0 atom stereocenters. The third kappa shape index (κ3) is 47.9. The quantitative estimate of drug-likeness (QED) is 0.134. The standard InChI is InChI=1S/C10H16N2O8.4Na.H2O4S.Zn/c13-7(14)3-11(4-8(15)16)1-2-12(5-9(17)18)6-10(19)20;;;;;1-5(2,3)4;/h1-6H2,(H,13,14)(H,15,16)(H,17,18)(H,19,20);;;;;(H2,1,2,3,4);/q;4*+1;;+2/p-6. The minimum absolute atomic E-state index is 0. The van der Waals surface area contributed by atoms with Crippen molar-refractivity contribution in [3.63, 3.8) is 0 Å². The van der Waals surface area contributed by atoms with E-state index in [2.05, 4.69) is 0 Å². The number of carbonyl (C=O) groups excluding carboxylic acids is 4. The fourth-order valence-corrected chi connectivity index (χ4v) is 1.44. The largest absolute Gasteiger partial charge is 2.00 e. The van der Waals surface area contributed by atoms with Crippen LogP contribution in [0.15, 0.2) is 0 Å². The van der Waals surface area contributed by atoms with Crippen molar-refractivity contribution in [2.75, 3.05) is 39.3 Å². The maximum atomic E-state index is 10.4. The van der Waals surface area contributed by atoms with E-state index in [9.17, 15) is 39.6 Å². The Balaban J connectivity index is -0.0000000948. The third-order valence-corrected chi connectivity index (χ3v) is 2.14. The van der Waals surface area contributed by atoms with Gasteiger partial charge in [0.2, 0.25) is 0 Å². The summed E-state index contributed by atoms with van der Waals surface area (Å²) in [5, 5.41) is 41.6. The summed E-state index contributed by atoms with van der Waals surface area (Å²) in [5.41, 5.74) is 0. The molecule has 0 aromatic carbocycles. The predicted molar refractivity (Wildman–Crippen MR) is 63.4 cm³/mol. The van der Waals surface area contributed by atoms with E-state index in [-0.39, 0.29) is 151 Å². The number of hydrogen-bond donors (Lipinski definition) is 0. The van der Waals surface area contributed by atoms with E-state index in [4.69, 9.17) is 17.5 Å². The maximum absolute atomic E-state index is 10.4. The Labute approximate surface area is 274 Å². The molecular formula is C10H12N2Na4O12SZn. The van der Waals surface area contributed by atoms with Crippen LogP contribution >= 0.6 is 0 Å². The fourth-order valence-electron chi connectivity index (χ4n) is 1.44. The molecule has 20 heteroatoms. The minimum atomic E-state index is -5.17. The molecular weight excluding hydrogens is 530 g/mol. The van der Waals surface area contributed by atoms with E-state index in [0.29, 0.717) is 0 Å². The van der Waals surface area contributed by atoms with Crippen LogP contribution in [0.5, 0.6) is 0 Å². The van der Waals surface area contributed by atoms with Crippen molar-refractivity contribution in [2.45, 2.75) is 0 Å². The van der Waals surface area contributed by atoms with Crippen LogP contribution in [0.2, 0.25) is 0 Å². The summed E-state index contributed by atoms with van der Waals surface area (Å²) >= 11 is 0. The monoisotopic (exact) mass is 540 g/mol. The SMILES string of the molecule is O=C([O-])CN(CCN(CC(=O)[O-])CC(=O)[O-])CC(=O)[O-].O=S(=O)([O-])[O-].[Na+].[Na+].[Na+].[Na+].[Zn+2]. The molecule has 0 radical (unpaired) electrons. The number of nitrogens with zero attached hydrogens (tertiary/aromatic N) is 2. The number of carboxylic acid groups (broad SMARTS) is 4. The summed E-state index contributed by atoms with van der Waals surface area (Å²) in [6, 6.07) is 0. The van der Waals surface area contributed by atoms with E-state index in [0.717, 1.165) is 9.80 Å². The van der Waals surface area contributed by atoms with Crippen LogP contribution in [-0.4, -0.2) is 90.5 Å². The first-order chi connectivity index (χ1) is 11.2. The molecule has 14 nitrogen and oxygen atoms in total. The van der Waals surface area contributed by atoms with Gasteiger partial charge in [-0.25, -0.2) is 0 Å². The van der Waals surface area contributed by atoms with Gasteiger partial charge < -0.3 is 48.7 Å². The Morgan fingerprint density at radius 2 is 0.700 bits per heavy atom. The molecule has 0 aliphatic rings. The normalized spacial score (nSPS) is 9.07. The molecule has 0 bridgehead atoms. The number of carboxylic acids is 4. The number of rotatable bonds is 11. The molecule has 0 saturated carbocycles. The molecule has 0 heterocycles. The van der Waals surface area contributed by atoms with Gasteiger partial charge in [-0.15, -0.1) is 0 Å². The summed E-state index contributed by atoms with van der Waals surface area (Å²) in [6.07, 6.45) is 0. The van der Waals surface area contributed by atoms with Crippen molar-refractivity contribution in [1.29, 1.82) is 0 Å². The van der Waals surface area contributed by atoms with Crippen molar-refractivity contribution >= 4 is 34.3 Å². The smallest absolute Gasteiger partial charge is 0.759 e. The molecule has 0 N–H and O–H groups in total. The van der Waals surface area contributed by atoms with Crippen molar-refractivity contribution in [3.8, 4) is 0 Å². The van der Waals surface area contributed by atoms with Gasteiger partial charge in [0, 0.05) is 49.7 Å². The van der Waals surface area contributed by atoms with Crippen molar-refractivity contribution in [3.05, 3.63) is 0 Å². The van der Waals surface area contributed by atoms with Crippen molar-refractivity contribution in [1.82, 2.24) is 9.80 Å². The molecule has 0 aromatic heterocycles. The van der Waals surface area contributed by atoms with Gasteiger partial charge >= 0.3 is 138 Å². The topological polar surface area (TPSA) is 247 Å². The maximum Gasteiger partial charge on any atom is 2.00 e. The first-order valence-corrected chi connectivity index (χ1v) is 7.44. The molecule has 0 fully saturated rings. The van der Waals surface area contributed by atoms with E-state index in [1.54, 1.807) is 0 Å². The molecule has 0 aliphatic heterocycles. The van der Waals surface area contributed by atoms with Crippen molar-refractivity contribution < 1.29 is 195 Å². The Bertz CT molecular complexity index is 522. The van der Waals surface area contributed by atoms with E-state index < -0.39 is 60.5 Å². The summed E-state index contributed by atoms with van der Waals surface area (Å²) in [5.74, 6) is -6.12. The molecule has 0 rings (SSSR count). The van der Waals surface area contributed by atoms with Crippen LogP contribution in [-0.2, 0) is 49.1 Å². The van der Waals surface area contributed by atoms with Crippen LogP contribution in [0.4, 0.5) is 0 Å². The number of aliphatic carboxylic acids is 4. The summed E-state index contributed by atoms with van der Waals surface area (Å²) in [7, 11) is -5.17. The molecule has 0 aliphatic carbocycles. The second kappa shape index (κ2) is 27.5. The summed E-state index contributed by atoms with van der Waals surface area (Å²) in [6.45, 7) is -3.25. The molecule has 0 unspecified atom stereocenters. The second-order valence-electron chi connectivity index (χ2n) is 4.32. The summed E-state index contributed by atoms with van der Waals surface area (Å²) < 4.78 is 34.1. The van der Waals surface area contributed by atoms with Gasteiger partial charge in [-0.2, -0.15) is 0 Å². The van der Waals surface area contributed by atoms with Crippen LogP contribution in [0.3, 0.4) is 0 Å². The zero-order chi connectivity index (χ0) is 20.2. The Kier molecular flexibility index (Phi) is 45.4. The first-order valence-electron chi connectivity index (χ1n) is 6.11. The molecule has 0 amide bonds. The third-order valence-electron chi connectivity index (χ3n) is 2.14. The van der Waals surface area contributed by atoms with Gasteiger partial charge in [0.15, 0.2) is 0 Å². The zero-order valence-corrected chi connectivity index (χ0v) is 28.9. The molecule has 0 aromatic rings. The molecule has 0 spiro atoms. The van der Waals surface area contributed by atoms with Crippen LogP contribution in [0, 0.1) is 0 Å². The van der Waals surface area contributed by atoms with E-state index in [1.807, 2.05) is 0 Å². The van der Waals surface area contributed by atoms with E-state index >= 15 is 0 Å². The van der Waals surface area contributed by atoms with Gasteiger partial charge in [0.25, 0.3) is 0 Å². The Morgan fingerprint density at radius 3 is 0.800 bits per heavy atom. The Hall–Kier alpha value is 2.29. The van der Waals surface area contributed by atoms with Crippen LogP contribution in [0.25, 0.3) is 0 Å². The second-order valence-corrected chi connectivity index (χ2v) is 5.13. The fraction of sp³-hybridized carbons (Fsp3) is 0.600. The minimum Gasteiger partial charge on any atom is -0.759 e. The average Bonchev–Trinajstić information content (AvgIpc) is 2.30. The number of hydrogen-bond acceptors (Lipinski definition) is 14. The number of carbonyl (C=O) groups is 4. The zero-order valence-electron chi connectivity index (χ0n) is 17.2. The average molecular weight is 542 g/mol. The molecule has 30 heavy (non-hydrogen) atoms. The van der Waals surface area contributed by atoms with Crippen molar-refractivity contribution in [2.24, 2.45) is 0 Å². The summed E-state index contributed by atoms with van der Waals surface area (Å²) in [4.78, 5) is 43.4. The van der Waals surface area contributed by atoms with Crippen LogP contribution < -0.4 is 139 Å². The molecule has 146 valence electrons.